The van der Waals surface area contributed by atoms with Crippen molar-refractivity contribution in [3.05, 3.63) is 12.2 Å². The van der Waals surface area contributed by atoms with Crippen LogP contribution in [0.5, 0.6) is 0 Å². The van der Waals surface area contributed by atoms with Gasteiger partial charge in [-0.25, -0.2) is 0 Å². The molecule has 0 saturated carbocycles. The molecule has 1 aromatic heterocycles. The van der Waals surface area contributed by atoms with Crippen molar-refractivity contribution >= 4 is 0 Å². The van der Waals surface area contributed by atoms with Crippen LogP contribution in [0, 0.1) is 5.92 Å². The van der Waals surface area contributed by atoms with E-state index in [1.807, 2.05) is 4.57 Å². The van der Waals surface area contributed by atoms with Gasteiger partial charge in [-0.05, 0) is 5.92 Å². The lowest BCUT2D eigenvalue weighted by Crippen LogP contribution is -2.22. The van der Waals surface area contributed by atoms with E-state index in [0.717, 1.165) is 12.4 Å². The Kier molecular flexibility index (Phi) is 4.03. The van der Waals surface area contributed by atoms with Crippen LogP contribution in [0.3, 0.4) is 0 Å². The zero-order valence-corrected chi connectivity index (χ0v) is 8.97. The van der Waals surface area contributed by atoms with Crippen LogP contribution in [-0.2, 0) is 11.3 Å². The second-order valence-electron chi connectivity index (χ2n) is 3.65. The SMILES string of the molecule is COCCn1cnnc1[C@@H](N)C(C)C. The van der Waals surface area contributed by atoms with Crippen LogP contribution in [0.15, 0.2) is 6.33 Å². The van der Waals surface area contributed by atoms with Gasteiger partial charge in [0.05, 0.1) is 12.6 Å². The second kappa shape index (κ2) is 5.07. The smallest absolute Gasteiger partial charge is 0.150 e. The normalized spacial score (nSPS) is 13.5. The molecule has 1 heterocycles. The van der Waals surface area contributed by atoms with Gasteiger partial charge in [0.15, 0.2) is 0 Å². The summed E-state index contributed by atoms with van der Waals surface area (Å²) in [5, 5.41) is 7.88. The number of nitrogens with two attached hydrogens (primary N) is 1. The van der Waals surface area contributed by atoms with Gasteiger partial charge >= 0.3 is 0 Å². The number of rotatable bonds is 5. The number of hydrogen-bond acceptors (Lipinski definition) is 4. The molecule has 0 amide bonds. The Hall–Kier alpha value is -0.940. The number of aromatic nitrogens is 3. The third-order valence-corrected chi connectivity index (χ3v) is 2.20. The number of methoxy groups -OCH3 is 1. The lowest BCUT2D eigenvalue weighted by Gasteiger charge is -2.15. The van der Waals surface area contributed by atoms with E-state index in [0.29, 0.717) is 12.5 Å². The molecular weight excluding hydrogens is 180 g/mol. The van der Waals surface area contributed by atoms with E-state index in [1.54, 1.807) is 13.4 Å². The zero-order chi connectivity index (χ0) is 10.6. The summed E-state index contributed by atoms with van der Waals surface area (Å²) in [6, 6.07) is -0.0608. The fraction of sp³-hybridized carbons (Fsp3) is 0.778. The summed E-state index contributed by atoms with van der Waals surface area (Å²) >= 11 is 0. The molecule has 1 atom stereocenters. The van der Waals surface area contributed by atoms with Crippen LogP contribution in [-0.4, -0.2) is 28.5 Å². The van der Waals surface area contributed by atoms with E-state index >= 15 is 0 Å². The molecular formula is C9H18N4O. The molecule has 0 unspecified atom stereocenters. The fourth-order valence-corrected chi connectivity index (χ4v) is 1.18. The summed E-state index contributed by atoms with van der Waals surface area (Å²) in [5.74, 6) is 1.19. The highest BCUT2D eigenvalue weighted by molar-refractivity contribution is 4.94. The Labute approximate surface area is 84.3 Å². The average molecular weight is 198 g/mol. The van der Waals surface area contributed by atoms with Crippen LogP contribution >= 0.6 is 0 Å². The molecule has 0 spiro atoms. The van der Waals surface area contributed by atoms with E-state index in [1.165, 1.54) is 0 Å². The topological polar surface area (TPSA) is 66.0 Å². The highest BCUT2D eigenvalue weighted by Gasteiger charge is 2.16. The minimum atomic E-state index is -0.0608. The highest BCUT2D eigenvalue weighted by atomic mass is 16.5. The maximum absolute atomic E-state index is 5.99. The van der Waals surface area contributed by atoms with Gasteiger partial charge in [-0.1, -0.05) is 13.8 Å². The summed E-state index contributed by atoms with van der Waals surface area (Å²) in [6.07, 6.45) is 1.69. The predicted octanol–water partition coefficient (Wildman–Crippen LogP) is 0.580. The van der Waals surface area contributed by atoms with Gasteiger partial charge in [0.1, 0.15) is 12.2 Å². The molecule has 80 valence electrons. The van der Waals surface area contributed by atoms with E-state index < -0.39 is 0 Å². The van der Waals surface area contributed by atoms with E-state index in [2.05, 4.69) is 24.0 Å². The largest absolute Gasteiger partial charge is 0.383 e. The molecule has 0 aliphatic heterocycles. The van der Waals surface area contributed by atoms with Gasteiger partial charge in [0.2, 0.25) is 0 Å². The van der Waals surface area contributed by atoms with E-state index in [4.69, 9.17) is 10.5 Å². The summed E-state index contributed by atoms with van der Waals surface area (Å²) < 4.78 is 6.93. The van der Waals surface area contributed by atoms with Crippen molar-refractivity contribution in [2.24, 2.45) is 11.7 Å². The maximum Gasteiger partial charge on any atom is 0.150 e. The Bertz CT molecular complexity index is 272. The van der Waals surface area contributed by atoms with Crippen molar-refractivity contribution in [2.75, 3.05) is 13.7 Å². The monoisotopic (exact) mass is 198 g/mol. The van der Waals surface area contributed by atoms with Gasteiger partial charge in [-0.15, -0.1) is 10.2 Å². The number of ether oxygens (including phenoxy) is 1. The van der Waals surface area contributed by atoms with Crippen LogP contribution in [0.2, 0.25) is 0 Å². The maximum atomic E-state index is 5.99. The first kappa shape index (κ1) is 11.1. The lowest BCUT2D eigenvalue weighted by atomic mass is 10.1. The van der Waals surface area contributed by atoms with Crippen molar-refractivity contribution in [3.63, 3.8) is 0 Å². The standard InChI is InChI=1S/C9H18N4O/c1-7(2)8(10)9-12-11-6-13(9)4-5-14-3/h6-8H,4-5,10H2,1-3H3/t8-/m0/s1. The Balaban J connectivity index is 2.71. The molecule has 0 radical (unpaired) electrons. The predicted molar refractivity (Wildman–Crippen MR) is 53.7 cm³/mol. The molecule has 0 aromatic carbocycles. The zero-order valence-electron chi connectivity index (χ0n) is 8.97. The Morgan fingerprint density at radius 2 is 2.29 bits per heavy atom. The fourth-order valence-electron chi connectivity index (χ4n) is 1.18. The molecule has 1 rings (SSSR count). The molecule has 0 saturated heterocycles. The Morgan fingerprint density at radius 1 is 1.57 bits per heavy atom. The lowest BCUT2D eigenvalue weighted by molar-refractivity contribution is 0.185. The van der Waals surface area contributed by atoms with Crippen LogP contribution in [0.25, 0.3) is 0 Å². The molecule has 0 bridgehead atoms. The molecule has 0 aliphatic carbocycles. The molecule has 2 N–H and O–H groups in total. The highest BCUT2D eigenvalue weighted by Crippen LogP contribution is 2.15. The Morgan fingerprint density at radius 3 is 2.86 bits per heavy atom. The van der Waals surface area contributed by atoms with Crippen LogP contribution in [0.4, 0.5) is 0 Å². The van der Waals surface area contributed by atoms with Gasteiger partial charge in [-0.3, -0.25) is 0 Å². The molecule has 0 aliphatic rings. The van der Waals surface area contributed by atoms with Crippen molar-refractivity contribution < 1.29 is 4.74 Å². The van der Waals surface area contributed by atoms with Crippen LogP contribution in [0.1, 0.15) is 25.7 Å². The van der Waals surface area contributed by atoms with Crippen LogP contribution < -0.4 is 5.73 Å². The van der Waals surface area contributed by atoms with Crippen molar-refractivity contribution in [2.45, 2.75) is 26.4 Å². The molecule has 1 aromatic rings. The van der Waals surface area contributed by atoms with Gasteiger partial charge in [-0.2, -0.15) is 0 Å². The number of nitrogens with zero attached hydrogens (tertiary/aromatic N) is 3. The minimum Gasteiger partial charge on any atom is -0.383 e. The van der Waals surface area contributed by atoms with Crippen molar-refractivity contribution in [1.29, 1.82) is 0 Å². The summed E-state index contributed by atoms with van der Waals surface area (Å²) in [7, 11) is 1.67. The first-order valence-electron chi connectivity index (χ1n) is 4.79. The summed E-state index contributed by atoms with van der Waals surface area (Å²) in [5.41, 5.74) is 5.99. The summed E-state index contributed by atoms with van der Waals surface area (Å²) in [6.45, 7) is 5.54. The third-order valence-electron chi connectivity index (χ3n) is 2.20. The minimum absolute atomic E-state index is 0.0608. The summed E-state index contributed by atoms with van der Waals surface area (Å²) in [4.78, 5) is 0. The molecule has 14 heavy (non-hydrogen) atoms. The molecule has 0 fully saturated rings. The van der Waals surface area contributed by atoms with Gasteiger partial charge in [0, 0.05) is 13.7 Å². The van der Waals surface area contributed by atoms with Gasteiger partial charge < -0.3 is 15.0 Å². The third kappa shape index (κ3) is 2.52. The quantitative estimate of drug-likeness (QED) is 0.751. The second-order valence-corrected chi connectivity index (χ2v) is 3.65. The molecule has 5 nitrogen and oxygen atoms in total. The first-order chi connectivity index (χ1) is 6.66. The van der Waals surface area contributed by atoms with Crippen molar-refractivity contribution in [1.82, 2.24) is 14.8 Å². The average Bonchev–Trinajstić information content (AvgIpc) is 2.61. The van der Waals surface area contributed by atoms with Crippen molar-refractivity contribution in [3.8, 4) is 0 Å². The van der Waals surface area contributed by atoms with E-state index in [-0.39, 0.29) is 6.04 Å². The number of hydrogen-bond donors (Lipinski definition) is 1. The first-order valence-corrected chi connectivity index (χ1v) is 4.79. The molecule has 5 heteroatoms. The van der Waals surface area contributed by atoms with E-state index in [9.17, 15) is 0 Å². The van der Waals surface area contributed by atoms with Gasteiger partial charge in [0.25, 0.3) is 0 Å².